The lowest BCUT2D eigenvalue weighted by Gasteiger charge is -2.35. The van der Waals surface area contributed by atoms with Crippen molar-refractivity contribution in [2.45, 2.75) is 31.4 Å². The van der Waals surface area contributed by atoms with E-state index in [4.69, 9.17) is 0 Å². The Bertz CT molecular complexity index is 1070. The van der Waals surface area contributed by atoms with Gasteiger partial charge in [0, 0.05) is 19.3 Å². The Kier molecular flexibility index (Phi) is 4.86. The van der Waals surface area contributed by atoms with Gasteiger partial charge in [0.15, 0.2) is 5.65 Å². The molecular formula is C22H24FN5O2. The molecule has 1 aromatic carbocycles. The second-order valence-corrected chi connectivity index (χ2v) is 8.37. The van der Waals surface area contributed by atoms with E-state index in [0.29, 0.717) is 30.2 Å². The predicted molar refractivity (Wildman–Crippen MR) is 109 cm³/mol. The molecule has 2 aliphatic rings. The lowest BCUT2D eigenvalue weighted by Crippen LogP contribution is -2.49. The van der Waals surface area contributed by atoms with E-state index in [9.17, 15) is 14.3 Å². The first kappa shape index (κ1) is 19.0. The van der Waals surface area contributed by atoms with Gasteiger partial charge in [-0.2, -0.15) is 0 Å². The summed E-state index contributed by atoms with van der Waals surface area (Å²) in [6.45, 7) is 1.64. The predicted octanol–water partition coefficient (Wildman–Crippen LogP) is 1.80. The molecule has 0 spiro atoms. The van der Waals surface area contributed by atoms with Crippen LogP contribution in [-0.4, -0.2) is 50.8 Å². The highest BCUT2D eigenvalue weighted by atomic mass is 19.1. The fraction of sp³-hybridized carbons (Fsp3) is 0.409. The molecule has 1 aliphatic carbocycles. The average molecular weight is 409 g/mol. The third-order valence-corrected chi connectivity index (χ3v) is 6.32. The number of hydrogen-bond acceptors (Lipinski definition) is 5. The second-order valence-electron chi connectivity index (χ2n) is 8.37. The molecule has 30 heavy (non-hydrogen) atoms. The first-order chi connectivity index (χ1) is 14.6. The summed E-state index contributed by atoms with van der Waals surface area (Å²) in [5, 5.41) is 22.2. The highest BCUT2D eigenvalue weighted by molar-refractivity contribution is 5.79. The van der Waals surface area contributed by atoms with E-state index in [1.807, 2.05) is 28.8 Å². The summed E-state index contributed by atoms with van der Waals surface area (Å²) >= 11 is 0. The molecule has 1 saturated carbocycles. The number of carbonyl (C=O) groups excluding carboxylic acids is 1. The summed E-state index contributed by atoms with van der Waals surface area (Å²) in [4.78, 5) is 14.7. The first-order valence-electron chi connectivity index (χ1n) is 10.3. The first-order valence-corrected chi connectivity index (χ1v) is 10.3. The van der Waals surface area contributed by atoms with Crippen molar-refractivity contribution < 1.29 is 14.3 Å². The van der Waals surface area contributed by atoms with Crippen molar-refractivity contribution in [2.24, 2.45) is 11.8 Å². The smallest absolute Gasteiger partial charge is 0.231 e. The summed E-state index contributed by atoms with van der Waals surface area (Å²) in [6.07, 6.45) is 2.83. The van der Waals surface area contributed by atoms with E-state index in [1.54, 1.807) is 12.1 Å². The number of benzene rings is 1. The van der Waals surface area contributed by atoms with E-state index < -0.39 is 6.10 Å². The molecule has 3 aromatic rings. The molecule has 2 aromatic heterocycles. The number of rotatable bonds is 4. The van der Waals surface area contributed by atoms with Crippen LogP contribution in [0.5, 0.6) is 0 Å². The van der Waals surface area contributed by atoms with Gasteiger partial charge in [-0.1, -0.05) is 18.2 Å². The lowest BCUT2D eigenvalue weighted by atomic mass is 9.77. The molecule has 1 saturated heterocycles. The van der Waals surface area contributed by atoms with Gasteiger partial charge in [0.05, 0.1) is 18.6 Å². The van der Waals surface area contributed by atoms with E-state index in [2.05, 4.69) is 20.4 Å². The number of halogens is 1. The molecule has 3 heterocycles. The Morgan fingerprint density at radius 3 is 2.80 bits per heavy atom. The molecule has 2 N–H and O–H groups in total. The highest BCUT2D eigenvalue weighted by Crippen LogP contribution is 2.38. The molecule has 7 nitrogen and oxygen atoms in total. The number of hydrogen-bond donors (Lipinski definition) is 2. The monoisotopic (exact) mass is 409 g/mol. The zero-order chi connectivity index (χ0) is 20.7. The van der Waals surface area contributed by atoms with Crippen LogP contribution in [0.2, 0.25) is 0 Å². The van der Waals surface area contributed by atoms with Crippen molar-refractivity contribution in [1.82, 2.24) is 19.9 Å². The molecule has 4 atom stereocenters. The number of nitrogens with zero attached hydrogens (tertiary/aromatic N) is 4. The van der Waals surface area contributed by atoms with Crippen LogP contribution in [0.4, 0.5) is 10.3 Å². The van der Waals surface area contributed by atoms with Crippen LogP contribution < -0.4 is 10.2 Å². The molecule has 0 unspecified atom stereocenters. The minimum absolute atomic E-state index is 0.104. The molecular weight excluding hydrogens is 385 g/mol. The standard InChI is InChI=1S/C22H24FN5O2/c23-17-5-3-4-14(8-17)9-21(30)24-18-10-15-12-27(13-16(15)11-19(18)29)22-26-25-20-6-1-2-7-28(20)22/h1-8,15-16,18-19,29H,9-13H2,(H,24,30)/t15-,16+,18-,19-/m0/s1. The van der Waals surface area contributed by atoms with Crippen LogP contribution >= 0.6 is 0 Å². The van der Waals surface area contributed by atoms with E-state index in [1.165, 1.54) is 12.1 Å². The molecule has 0 radical (unpaired) electrons. The normalized spacial score (nSPS) is 26.0. The van der Waals surface area contributed by atoms with Gasteiger partial charge in [0.1, 0.15) is 5.82 Å². The number of aliphatic hydroxyl groups is 1. The lowest BCUT2D eigenvalue weighted by molar-refractivity contribution is -0.122. The summed E-state index contributed by atoms with van der Waals surface area (Å²) in [5.74, 6) is 0.992. The Balaban J connectivity index is 1.24. The number of anilines is 1. The van der Waals surface area contributed by atoms with Crippen molar-refractivity contribution in [2.75, 3.05) is 18.0 Å². The maximum atomic E-state index is 13.3. The number of nitrogens with one attached hydrogen (secondary N) is 1. The van der Waals surface area contributed by atoms with Crippen LogP contribution in [-0.2, 0) is 11.2 Å². The largest absolute Gasteiger partial charge is 0.391 e. The molecule has 8 heteroatoms. The third-order valence-electron chi connectivity index (χ3n) is 6.32. The Labute approximate surface area is 173 Å². The van der Waals surface area contributed by atoms with Crippen molar-refractivity contribution in [3.05, 3.63) is 60.0 Å². The maximum absolute atomic E-state index is 13.3. The van der Waals surface area contributed by atoms with Crippen LogP contribution in [0.3, 0.4) is 0 Å². The number of aliphatic hydroxyl groups excluding tert-OH is 1. The van der Waals surface area contributed by atoms with Gasteiger partial charge >= 0.3 is 0 Å². The quantitative estimate of drug-likeness (QED) is 0.687. The number of fused-ring (bicyclic) bond motifs is 2. The van der Waals surface area contributed by atoms with Crippen molar-refractivity contribution in [1.29, 1.82) is 0 Å². The molecule has 156 valence electrons. The van der Waals surface area contributed by atoms with Gasteiger partial charge in [0.25, 0.3) is 0 Å². The summed E-state index contributed by atoms with van der Waals surface area (Å²) in [6, 6.07) is 11.6. The van der Waals surface area contributed by atoms with Crippen molar-refractivity contribution in [3.63, 3.8) is 0 Å². The van der Waals surface area contributed by atoms with Crippen molar-refractivity contribution >= 4 is 17.5 Å². The third kappa shape index (κ3) is 3.63. The molecule has 5 rings (SSSR count). The maximum Gasteiger partial charge on any atom is 0.231 e. The van der Waals surface area contributed by atoms with Crippen LogP contribution in [0.15, 0.2) is 48.7 Å². The number of aromatic nitrogens is 3. The van der Waals surface area contributed by atoms with Gasteiger partial charge in [-0.15, -0.1) is 10.2 Å². The summed E-state index contributed by atoms with van der Waals surface area (Å²) in [5.41, 5.74) is 1.44. The van der Waals surface area contributed by atoms with Crippen molar-refractivity contribution in [3.8, 4) is 0 Å². The van der Waals surface area contributed by atoms with E-state index in [0.717, 1.165) is 24.7 Å². The van der Waals surface area contributed by atoms with Gasteiger partial charge in [-0.05, 0) is 54.5 Å². The zero-order valence-corrected chi connectivity index (χ0v) is 16.5. The van der Waals surface area contributed by atoms with Crippen LogP contribution in [0, 0.1) is 17.7 Å². The number of carbonyl (C=O) groups is 1. The van der Waals surface area contributed by atoms with Crippen LogP contribution in [0.1, 0.15) is 18.4 Å². The molecule has 2 fully saturated rings. The molecule has 0 bridgehead atoms. The van der Waals surface area contributed by atoms with E-state index in [-0.39, 0.29) is 24.2 Å². The zero-order valence-electron chi connectivity index (χ0n) is 16.5. The van der Waals surface area contributed by atoms with Gasteiger partial charge < -0.3 is 15.3 Å². The topological polar surface area (TPSA) is 82.8 Å². The molecule has 1 aliphatic heterocycles. The fourth-order valence-electron chi connectivity index (χ4n) is 4.88. The summed E-state index contributed by atoms with van der Waals surface area (Å²) in [7, 11) is 0. The Morgan fingerprint density at radius 2 is 1.97 bits per heavy atom. The molecule has 1 amide bonds. The van der Waals surface area contributed by atoms with Gasteiger partial charge in [-0.3, -0.25) is 9.20 Å². The minimum Gasteiger partial charge on any atom is -0.391 e. The minimum atomic E-state index is -0.585. The van der Waals surface area contributed by atoms with Crippen LogP contribution in [0.25, 0.3) is 5.65 Å². The average Bonchev–Trinajstić information content (AvgIpc) is 3.31. The van der Waals surface area contributed by atoms with E-state index >= 15 is 0 Å². The van der Waals surface area contributed by atoms with Gasteiger partial charge in [-0.25, -0.2) is 4.39 Å². The number of pyridine rings is 1. The fourth-order valence-corrected chi connectivity index (χ4v) is 4.88. The Hall–Kier alpha value is -3.00. The number of amides is 1. The highest BCUT2D eigenvalue weighted by Gasteiger charge is 2.43. The Morgan fingerprint density at radius 1 is 1.13 bits per heavy atom. The second kappa shape index (κ2) is 7.68. The van der Waals surface area contributed by atoms with Gasteiger partial charge in [0.2, 0.25) is 11.9 Å². The SMILES string of the molecule is O=C(Cc1cccc(F)c1)N[C@H]1C[C@H]2CN(c3nnc4ccccn34)C[C@H]2C[C@@H]1O. The summed E-state index contributed by atoms with van der Waals surface area (Å²) < 4.78 is 15.3.